The molecule has 2 N–H and O–H groups in total. The minimum absolute atomic E-state index is 0.0285. The lowest BCUT2D eigenvalue weighted by molar-refractivity contribution is 0.276. The third-order valence-electron chi connectivity index (χ3n) is 3.18. The van der Waals surface area contributed by atoms with Gasteiger partial charge in [0.25, 0.3) is 10.0 Å². The van der Waals surface area contributed by atoms with Crippen LogP contribution in [0, 0.1) is 20.8 Å². The summed E-state index contributed by atoms with van der Waals surface area (Å²) in [4.78, 5) is -0.0285. The summed E-state index contributed by atoms with van der Waals surface area (Å²) in [5.74, 6) is 0.625. The first-order chi connectivity index (χ1) is 9.76. The molecule has 0 atom stereocenters. The Morgan fingerprint density at radius 3 is 2.48 bits per heavy atom. The normalized spacial score (nSPS) is 11.7. The molecule has 0 radical (unpaired) electrons. The molecule has 0 saturated heterocycles. The van der Waals surface area contributed by atoms with Gasteiger partial charge in [-0.25, -0.2) is 8.42 Å². The minimum atomic E-state index is -3.86. The van der Waals surface area contributed by atoms with Gasteiger partial charge in [0.15, 0.2) is 0 Å². The van der Waals surface area contributed by atoms with E-state index in [0.29, 0.717) is 16.5 Å². The average molecular weight is 330 g/mol. The number of halogens is 1. The van der Waals surface area contributed by atoms with Gasteiger partial charge in [0, 0.05) is 10.6 Å². The zero-order valence-electron chi connectivity index (χ0n) is 11.9. The number of benzene rings is 1. The molecule has 0 unspecified atom stereocenters. The predicted molar refractivity (Wildman–Crippen MR) is 81.1 cm³/mol. The van der Waals surface area contributed by atoms with E-state index >= 15 is 0 Å². The Labute approximate surface area is 128 Å². The van der Waals surface area contributed by atoms with Gasteiger partial charge in [-0.2, -0.15) is 0 Å². The van der Waals surface area contributed by atoms with Crippen molar-refractivity contribution in [2.45, 2.75) is 32.3 Å². The van der Waals surface area contributed by atoms with Gasteiger partial charge in [0.05, 0.1) is 12.3 Å². The number of rotatable bonds is 4. The summed E-state index contributed by atoms with van der Waals surface area (Å²) in [6.45, 7) is 4.57. The standard InChI is InChI=1S/C14H16ClNO4S/c1-8-4-5-11(6-13(8)15)16-21(18,19)14-10(3)20-9(2)12(14)7-17/h4-6,16-17H,7H2,1-3H3. The molecule has 21 heavy (non-hydrogen) atoms. The summed E-state index contributed by atoms with van der Waals surface area (Å²) in [6, 6.07) is 4.88. The SMILES string of the molecule is Cc1ccc(NS(=O)(=O)c2c(C)oc(C)c2CO)cc1Cl. The van der Waals surface area contributed by atoms with Crippen LogP contribution in [0.2, 0.25) is 5.02 Å². The van der Waals surface area contributed by atoms with Crippen LogP contribution in [0.25, 0.3) is 0 Å². The predicted octanol–water partition coefficient (Wildman–Crippen LogP) is 3.15. The monoisotopic (exact) mass is 329 g/mol. The van der Waals surface area contributed by atoms with Gasteiger partial charge in [0.2, 0.25) is 0 Å². The van der Waals surface area contributed by atoms with Crippen LogP contribution >= 0.6 is 11.6 Å². The zero-order chi connectivity index (χ0) is 15.8. The fraction of sp³-hybridized carbons (Fsp3) is 0.286. The van der Waals surface area contributed by atoms with Crippen LogP contribution in [-0.2, 0) is 16.6 Å². The molecule has 1 heterocycles. The van der Waals surface area contributed by atoms with Gasteiger partial charge in [0.1, 0.15) is 16.4 Å². The summed E-state index contributed by atoms with van der Waals surface area (Å²) in [7, 11) is -3.86. The highest BCUT2D eigenvalue weighted by Gasteiger charge is 2.26. The molecule has 1 aromatic heterocycles. The minimum Gasteiger partial charge on any atom is -0.465 e. The van der Waals surface area contributed by atoms with Gasteiger partial charge in [-0.3, -0.25) is 4.72 Å². The van der Waals surface area contributed by atoms with Crippen LogP contribution in [0.15, 0.2) is 27.5 Å². The topological polar surface area (TPSA) is 79.5 Å². The molecule has 114 valence electrons. The first-order valence-corrected chi connectivity index (χ1v) is 8.11. The van der Waals surface area contributed by atoms with Crippen molar-refractivity contribution in [1.29, 1.82) is 0 Å². The second-order valence-corrected chi connectivity index (χ2v) is 6.78. The van der Waals surface area contributed by atoms with Crippen molar-refractivity contribution < 1.29 is 17.9 Å². The molecule has 0 aliphatic heterocycles. The summed E-state index contributed by atoms with van der Waals surface area (Å²) < 4.78 is 32.7. The van der Waals surface area contributed by atoms with E-state index in [9.17, 15) is 13.5 Å². The Kier molecular flexibility index (Phi) is 4.32. The first kappa shape index (κ1) is 15.9. The smallest absolute Gasteiger partial charge is 0.265 e. The molecule has 0 amide bonds. The molecule has 0 fully saturated rings. The highest BCUT2D eigenvalue weighted by molar-refractivity contribution is 7.92. The van der Waals surface area contributed by atoms with Crippen LogP contribution in [0.1, 0.15) is 22.6 Å². The van der Waals surface area contributed by atoms with Crippen molar-refractivity contribution in [3.63, 3.8) is 0 Å². The number of aryl methyl sites for hydroxylation is 3. The second kappa shape index (κ2) is 5.71. The van der Waals surface area contributed by atoms with Crippen LogP contribution < -0.4 is 4.72 Å². The fourth-order valence-electron chi connectivity index (χ4n) is 2.11. The molecule has 5 nitrogen and oxygen atoms in total. The van der Waals surface area contributed by atoms with Gasteiger partial charge in [-0.15, -0.1) is 0 Å². The molecule has 0 saturated carbocycles. The van der Waals surface area contributed by atoms with Crippen molar-refractivity contribution in [2.24, 2.45) is 0 Å². The van der Waals surface area contributed by atoms with Crippen molar-refractivity contribution in [2.75, 3.05) is 4.72 Å². The maximum Gasteiger partial charge on any atom is 0.265 e. The Hall–Kier alpha value is -1.50. The van der Waals surface area contributed by atoms with Crippen molar-refractivity contribution in [3.8, 4) is 0 Å². The number of furan rings is 1. The lowest BCUT2D eigenvalue weighted by atomic mass is 10.2. The summed E-state index contributed by atoms with van der Waals surface area (Å²) in [5, 5.41) is 9.82. The van der Waals surface area contributed by atoms with Gasteiger partial charge < -0.3 is 9.52 Å². The van der Waals surface area contributed by atoms with Crippen LogP contribution in [-0.4, -0.2) is 13.5 Å². The van der Waals surface area contributed by atoms with Crippen molar-refractivity contribution >= 4 is 27.3 Å². The van der Waals surface area contributed by atoms with E-state index in [-0.39, 0.29) is 16.2 Å². The van der Waals surface area contributed by atoms with Gasteiger partial charge >= 0.3 is 0 Å². The Balaban J connectivity index is 2.45. The number of anilines is 1. The third-order valence-corrected chi connectivity index (χ3v) is 5.16. The van der Waals surface area contributed by atoms with Gasteiger partial charge in [-0.1, -0.05) is 17.7 Å². The highest BCUT2D eigenvalue weighted by atomic mass is 35.5. The van der Waals surface area contributed by atoms with E-state index in [4.69, 9.17) is 16.0 Å². The largest absolute Gasteiger partial charge is 0.465 e. The maximum atomic E-state index is 12.5. The molecule has 1 aromatic carbocycles. The van der Waals surface area contributed by atoms with E-state index in [0.717, 1.165) is 5.56 Å². The van der Waals surface area contributed by atoms with Crippen LogP contribution in [0.5, 0.6) is 0 Å². The van der Waals surface area contributed by atoms with Gasteiger partial charge in [-0.05, 0) is 38.5 Å². The number of nitrogens with one attached hydrogen (secondary N) is 1. The maximum absolute atomic E-state index is 12.5. The Morgan fingerprint density at radius 1 is 1.24 bits per heavy atom. The molecule has 0 aliphatic carbocycles. The lowest BCUT2D eigenvalue weighted by Gasteiger charge is -2.10. The summed E-state index contributed by atoms with van der Waals surface area (Å²) in [6.07, 6.45) is 0. The summed E-state index contributed by atoms with van der Waals surface area (Å²) in [5.41, 5.74) is 1.47. The number of hydrogen-bond acceptors (Lipinski definition) is 4. The molecule has 0 aliphatic rings. The quantitative estimate of drug-likeness (QED) is 0.903. The average Bonchev–Trinajstić information content (AvgIpc) is 2.68. The third kappa shape index (κ3) is 3.07. The summed E-state index contributed by atoms with van der Waals surface area (Å²) >= 11 is 5.99. The van der Waals surface area contributed by atoms with Crippen LogP contribution in [0.3, 0.4) is 0 Å². The van der Waals surface area contributed by atoms with E-state index in [1.165, 1.54) is 6.07 Å². The fourth-order valence-corrected chi connectivity index (χ4v) is 3.78. The van der Waals surface area contributed by atoms with E-state index < -0.39 is 16.6 Å². The molecular weight excluding hydrogens is 314 g/mol. The second-order valence-electron chi connectivity index (χ2n) is 4.75. The molecule has 0 spiro atoms. The van der Waals surface area contributed by atoms with E-state index in [1.807, 2.05) is 6.92 Å². The molecule has 7 heteroatoms. The van der Waals surface area contributed by atoms with E-state index in [2.05, 4.69) is 4.72 Å². The number of aliphatic hydroxyl groups is 1. The van der Waals surface area contributed by atoms with Crippen molar-refractivity contribution in [1.82, 2.24) is 0 Å². The molecule has 2 rings (SSSR count). The number of hydrogen-bond donors (Lipinski definition) is 2. The number of aliphatic hydroxyl groups excluding tert-OH is 1. The van der Waals surface area contributed by atoms with Crippen molar-refractivity contribution in [3.05, 3.63) is 45.9 Å². The molecule has 2 aromatic rings. The molecule has 0 bridgehead atoms. The Morgan fingerprint density at radius 2 is 1.90 bits per heavy atom. The van der Waals surface area contributed by atoms with E-state index in [1.54, 1.807) is 26.0 Å². The number of sulfonamides is 1. The lowest BCUT2D eigenvalue weighted by Crippen LogP contribution is -2.15. The van der Waals surface area contributed by atoms with Crippen LogP contribution in [0.4, 0.5) is 5.69 Å². The highest BCUT2D eigenvalue weighted by Crippen LogP contribution is 2.29. The Bertz CT molecular complexity index is 781. The first-order valence-electron chi connectivity index (χ1n) is 6.25. The molecular formula is C14H16ClNO4S. The zero-order valence-corrected chi connectivity index (χ0v) is 13.5.